The first-order valence-electron chi connectivity index (χ1n) is 6.95. The molecule has 0 unspecified atom stereocenters. The number of carboxylic acid groups (broad SMARTS) is 1. The van der Waals surface area contributed by atoms with E-state index >= 15 is 0 Å². The minimum atomic E-state index is -1.01. The molecule has 0 aliphatic heterocycles. The van der Waals surface area contributed by atoms with E-state index in [-0.39, 0.29) is 5.56 Å². The van der Waals surface area contributed by atoms with E-state index in [0.29, 0.717) is 23.9 Å². The summed E-state index contributed by atoms with van der Waals surface area (Å²) in [5, 5.41) is 12.6. The van der Waals surface area contributed by atoms with Gasteiger partial charge in [0, 0.05) is 17.3 Å². The summed E-state index contributed by atoms with van der Waals surface area (Å²) in [6.07, 6.45) is 0. The lowest BCUT2D eigenvalue weighted by molar-refractivity contribution is 0.0698. The van der Waals surface area contributed by atoms with Gasteiger partial charge in [-0.25, -0.2) is 4.79 Å². The van der Waals surface area contributed by atoms with Crippen LogP contribution in [0.3, 0.4) is 0 Å². The van der Waals surface area contributed by atoms with Crippen molar-refractivity contribution < 1.29 is 14.6 Å². The van der Waals surface area contributed by atoms with Gasteiger partial charge in [0.1, 0.15) is 12.4 Å². The Bertz CT molecular complexity index is 665. The summed E-state index contributed by atoms with van der Waals surface area (Å²) in [5.41, 5.74) is 2.84. The number of aryl methyl sites for hydroxylation is 2. The molecule has 0 spiro atoms. The van der Waals surface area contributed by atoms with Crippen LogP contribution in [-0.2, 0) is 0 Å². The molecule has 2 N–H and O–H groups in total. The average Bonchev–Trinajstić information content (AvgIpc) is 2.47. The molecule has 0 heterocycles. The molecule has 0 saturated heterocycles. The van der Waals surface area contributed by atoms with Crippen LogP contribution in [0, 0.1) is 13.8 Å². The minimum absolute atomic E-state index is 0.152. The fraction of sp³-hybridized carbons (Fsp3) is 0.235. The summed E-state index contributed by atoms with van der Waals surface area (Å²) >= 11 is 5.82. The van der Waals surface area contributed by atoms with Crippen molar-refractivity contribution in [1.29, 1.82) is 0 Å². The summed E-state index contributed by atoms with van der Waals surface area (Å²) in [5.74, 6) is -0.139. The normalized spacial score (nSPS) is 10.3. The predicted octanol–water partition coefficient (Wildman–Crippen LogP) is 4.15. The second-order valence-corrected chi connectivity index (χ2v) is 5.43. The molecule has 0 fully saturated rings. The molecule has 0 aliphatic carbocycles. The van der Waals surface area contributed by atoms with Crippen molar-refractivity contribution >= 4 is 23.3 Å². The topological polar surface area (TPSA) is 58.6 Å². The predicted molar refractivity (Wildman–Crippen MR) is 88.3 cm³/mol. The molecule has 0 atom stereocenters. The number of carbonyl (C=O) groups is 1. The van der Waals surface area contributed by atoms with Crippen LogP contribution in [0.15, 0.2) is 36.4 Å². The third kappa shape index (κ3) is 3.92. The molecule has 0 saturated carbocycles. The smallest absolute Gasteiger partial charge is 0.337 e. The molecule has 0 aliphatic rings. The highest BCUT2D eigenvalue weighted by Gasteiger charge is 2.10. The van der Waals surface area contributed by atoms with Crippen molar-refractivity contribution in [3.63, 3.8) is 0 Å². The highest BCUT2D eigenvalue weighted by Crippen LogP contribution is 2.23. The van der Waals surface area contributed by atoms with E-state index in [1.54, 1.807) is 12.1 Å². The van der Waals surface area contributed by atoms with Crippen LogP contribution in [0.2, 0.25) is 5.02 Å². The monoisotopic (exact) mass is 319 g/mol. The number of rotatable bonds is 6. The quantitative estimate of drug-likeness (QED) is 0.785. The van der Waals surface area contributed by atoms with E-state index < -0.39 is 5.97 Å². The van der Waals surface area contributed by atoms with Crippen molar-refractivity contribution in [3.8, 4) is 5.75 Å². The number of hydrogen-bond acceptors (Lipinski definition) is 3. The van der Waals surface area contributed by atoms with Gasteiger partial charge in [0.05, 0.1) is 5.56 Å². The Morgan fingerprint density at radius 2 is 1.91 bits per heavy atom. The van der Waals surface area contributed by atoms with Crippen molar-refractivity contribution in [2.24, 2.45) is 0 Å². The van der Waals surface area contributed by atoms with E-state index in [1.165, 1.54) is 6.07 Å². The van der Waals surface area contributed by atoms with Crippen LogP contribution in [0.4, 0.5) is 5.69 Å². The van der Waals surface area contributed by atoms with Gasteiger partial charge in [-0.1, -0.05) is 29.8 Å². The molecule has 0 radical (unpaired) electrons. The zero-order valence-corrected chi connectivity index (χ0v) is 13.3. The van der Waals surface area contributed by atoms with E-state index in [2.05, 4.69) is 5.32 Å². The van der Waals surface area contributed by atoms with Gasteiger partial charge in [-0.15, -0.1) is 0 Å². The molecular formula is C17H18ClNO3. The molecule has 0 bridgehead atoms. The van der Waals surface area contributed by atoms with E-state index in [9.17, 15) is 4.79 Å². The average molecular weight is 320 g/mol. The number of hydrogen-bond donors (Lipinski definition) is 2. The molecule has 2 aromatic carbocycles. The van der Waals surface area contributed by atoms with Gasteiger partial charge >= 0.3 is 5.97 Å². The lowest BCUT2D eigenvalue weighted by Crippen LogP contribution is -2.14. The fourth-order valence-electron chi connectivity index (χ4n) is 2.21. The number of halogens is 1. The lowest BCUT2D eigenvalue weighted by atomic mass is 10.1. The maximum Gasteiger partial charge on any atom is 0.337 e. The lowest BCUT2D eigenvalue weighted by Gasteiger charge is -2.14. The molecular weight excluding hydrogens is 302 g/mol. The molecule has 2 rings (SSSR count). The number of aromatic carboxylic acids is 1. The molecule has 2 aromatic rings. The van der Waals surface area contributed by atoms with Gasteiger partial charge in [-0.2, -0.15) is 0 Å². The van der Waals surface area contributed by atoms with E-state index in [4.69, 9.17) is 21.4 Å². The highest BCUT2D eigenvalue weighted by atomic mass is 35.5. The Balaban J connectivity index is 1.96. The van der Waals surface area contributed by atoms with Crippen molar-refractivity contribution in [2.75, 3.05) is 18.5 Å². The van der Waals surface area contributed by atoms with Crippen LogP contribution < -0.4 is 10.1 Å². The van der Waals surface area contributed by atoms with Crippen LogP contribution in [0.5, 0.6) is 5.75 Å². The number of carboxylic acids is 1. The molecule has 116 valence electrons. The van der Waals surface area contributed by atoms with Gasteiger partial charge in [0.25, 0.3) is 0 Å². The number of benzene rings is 2. The number of nitrogens with one attached hydrogen (secondary N) is 1. The van der Waals surface area contributed by atoms with E-state index in [0.717, 1.165) is 16.9 Å². The Hall–Kier alpha value is -2.20. The summed E-state index contributed by atoms with van der Waals surface area (Å²) in [7, 11) is 0. The standard InChI is InChI=1S/C17H18ClNO3/c1-11-4-3-5-12(2)16(11)22-9-8-19-15-7-6-13(18)10-14(15)17(20)21/h3-7,10,19H,8-9H2,1-2H3,(H,20,21). The summed E-state index contributed by atoms with van der Waals surface area (Å²) < 4.78 is 5.78. The maximum absolute atomic E-state index is 11.2. The third-order valence-electron chi connectivity index (χ3n) is 3.28. The zero-order valence-electron chi connectivity index (χ0n) is 12.5. The van der Waals surface area contributed by atoms with Crippen molar-refractivity contribution in [1.82, 2.24) is 0 Å². The van der Waals surface area contributed by atoms with Gasteiger partial charge in [-0.3, -0.25) is 0 Å². The van der Waals surface area contributed by atoms with Crippen molar-refractivity contribution in [2.45, 2.75) is 13.8 Å². The molecule has 4 nitrogen and oxygen atoms in total. The zero-order chi connectivity index (χ0) is 16.1. The van der Waals surface area contributed by atoms with Crippen LogP contribution in [-0.4, -0.2) is 24.2 Å². The molecule has 22 heavy (non-hydrogen) atoms. The summed E-state index contributed by atoms with van der Waals surface area (Å²) in [6, 6.07) is 10.7. The highest BCUT2D eigenvalue weighted by molar-refractivity contribution is 6.31. The maximum atomic E-state index is 11.2. The van der Waals surface area contributed by atoms with Crippen LogP contribution in [0.1, 0.15) is 21.5 Å². The largest absolute Gasteiger partial charge is 0.491 e. The van der Waals surface area contributed by atoms with E-state index in [1.807, 2.05) is 32.0 Å². The van der Waals surface area contributed by atoms with Crippen LogP contribution >= 0.6 is 11.6 Å². The number of anilines is 1. The van der Waals surface area contributed by atoms with Gasteiger partial charge in [0.2, 0.25) is 0 Å². The first-order valence-corrected chi connectivity index (χ1v) is 7.32. The third-order valence-corrected chi connectivity index (χ3v) is 3.52. The Morgan fingerprint density at radius 3 is 2.55 bits per heavy atom. The molecule has 5 heteroatoms. The SMILES string of the molecule is Cc1cccc(C)c1OCCNc1ccc(Cl)cc1C(=O)O. The second kappa shape index (κ2) is 7.18. The minimum Gasteiger partial charge on any atom is -0.491 e. The molecule has 0 amide bonds. The Labute approximate surface area is 134 Å². The molecule has 0 aromatic heterocycles. The van der Waals surface area contributed by atoms with Gasteiger partial charge in [0.15, 0.2) is 0 Å². The summed E-state index contributed by atoms with van der Waals surface area (Å²) in [4.78, 5) is 11.2. The van der Waals surface area contributed by atoms with Gasteiger partial charge < -0.3 is 15.2 Å². The second-order valence-electron chi connectivity index (χ2n) is 4.99. The van der Waals surface area contributed by atoms with Gasteiger partial charge in [-0.05, 0) is 43.2 Å². The fourth-order valence-corrected chi connectivity index (χ4v) is 2.39. The van der Waals surface area contributed by atoms with Crippen molar-refractivity contribution in [3.05, 3.63) is 58.1 Å². The summed E-state index contributed by atoms with van der Waals surface area (Å²) in [6.45, 7) is 4.93. The first kappa shape index (κ1) is 16.2. The number of ether oxygens (including phenoxy) is 1. The Kier molecular flexibility index (Phi) is 5.28. The number of para-hydroxylation sites is 1. The Morgan fingerprint density at radius 1 is 1.23 bits per heavy atom. The van der Waals surface area contributed by atoms with Crippen LogP contribution in [0.25, 0.3) is 0 Å². The first-order chi connectivity index (χ1) is 10.5.